The molecular formula is C18H17FO2. The molecule has 0 aromatic heterocycles. The molecule has 0 bridgehead atoms. The van der Waals surface area contributed by atoms with Gasteiger partial charge in [-0.1, -0.05) is 48.2 Å². The molecule has 0 saturated carbocycles. The van der Waals surface area contributed by atoms with E-state index >= 15 is 0 Å². The van der Waals surface area contributed by atoms with Gasteiger partial charge in [-0.25, -0.2) is 4.39 Å². The van der Waals surface area contributed by atoms with Gasteiger partial charge in [0, 0.05) is 17.5 Å². The van der Waals surface area contributed by atoms with Crippen LogP contribution in [0.15, 0.2) is 48.5 Å². The van der Waals surface area contributed by atoms with Crippen molar-refractivity contribution in [3.63, 3.8) is 0 Å². The molecule has 0 unspecified atom stereocenters. The van der Waals surface area contributed by atoms with E-state index in [2.05, 4.69) is 11.8 Å². The van der Waals surface area contributed by atoms with Crippen molar-refractivity contribution in [2.75, 3.05) is 6.61 Å². The summed E-state index contributed by atoms with van der Waals surface area (Å²) in [5.41, 5.74) is 2.18. The van der Waals surface area contributed by atoms with E-state index in [1.807, 2.05) is 30.3 Å². The van der Waals surface area contributed by atoms with Crippen LogP contribution in [0.25, 0.3) is 0 Å². The Morgan fingerprint density at radius 2 is 1.86 bits per heavy atom. The Morgan fingerprint density at radius 3 is 2.57 bits per heavy atom. The molecule has 0 atom stereocenters. The van der Waals surface area contributed by atoms with Crippen LogP contribution in [0, 0.1) is 17.7 Å². The maximum atomic E-state index is 13.9. The van der Waals surface area contributed by atoms with Gasteiger partial charge in [0.1, 0.15) is 5.82 Å². The SMILES string of the molecule is OCCC#Cc1ccc(COCc2ccccc2)c(F)c1. The molecule has 108 valence electrons. The summed E-state index contributed by atoms with van der Waals surface area (Å²) in [5, 5.41) is 8.64. The maximum Gasteiger partial charge on any atom is 0.129 e. The fourth-order valence-electron chi connectivity index (χ4n) is 1.82. The van der Waals surface area contributed by atoms with Gasteiger partial charge in [0.2, 0.25) is 0 Å². The lowest BCUT2D eigenvalue weighted by molar-refractivity contribution is 0.105. The molecular weight excluding hydrogens is 267 g/mol. The van der Waals surface area contributed by atoms with Crippen LogP contribution in [0.3, 0.4) is 0 Å². The van der Waals surface area contributed by atoms with Gasteiger partial charge in [-0.05, 0) is 17.7 Å². The Balaban J connectivity index is 1.91. The third-order valence-electron chi connectivity index (χ3n) is 2.89. The van der Waals surface area contributed by atoms with Crippen molar-refractivity contribution in [2.45, 2.75) is 19.6 Å². The summed E-state index contributed by atoms with van der Waals surface area (Å²) in [4.78, 5) is 0. The average Bonchev–Trinajstić information content (AvgIpc) is 2.51. The molecule has 0 amide bonds. The monoisotopic (exact) mass is 284 g/mol. The number of hydrogen-bond acceptors (Lipinski definition) is 2. The minimum Gasteiger partial charge on any atom is -0.395 e. The maximum absolute atomic E-state index is 13.9. The Morgan fingerprint density at radius 1 is 1.05 bits per heavy atom. The van der Waals surface area contributed by atoms with Gasteiger partial charge in [0.25, 0.3) is 0 Å². The smallest absolute Gasteiger partial charge is 0.129 e. The molecule has 2 aromatic rings. The van der Waals surface area contributed by atoms with Crippen LogP contribution in [-0.2, 0) is 18.0 Å². The van der Waals surface area contributed by atoms with E-state index in [0.29, 0.717) is 24.2 Å². The van der Waals surface area contributed by atoms with E-state index in [-0.39, 0.29) is 19.0 Å². The first-order valence-corrected chi connectivity index (χ1v) is 6.79. The summed E-state index contributed by atoms with van der Waals surface area (Å²) in [6.45, 7) is 0.699. The number of hydrogen-bond donors (Lipinski definition) is 1. The summed E-state index contributed by atoms with van der Waals surface area (Å²) >= 11 is 0. The molecule has 3 heteroatoms. The van der Waals surface area contributed by atoms with E-state index < -0.39 is 0 Å². The van der Waals surface area contributed by atoms with Crippen molar-refractivity contribution in [3.05, 3.63) is 71.0 Å². The molecule has 0 spiro atoms. The second kappa shape index (κ2) is 8.21. The Hall–Kier alpha value is -2.15. The molecule has 21 heavy (non-hydrogen) atoms. The molecule has 0 radical (unpaired) electrons. The number of halogens is 1. The van der Waals surface area contributed by atoms with Crippen LogP contribution in [0.1, 0.15) is 23.1 Å². The van der Waals surface area contributed by atoms with E-state index in [0.717, 1.165) is 5.56 Å². The quantitative estimate of drug-likeness (QED) is 0.854. The summed E-state index contributed by atoms with van der Waals surface area (Å²) in [6, 6.07) is 14.6. The molecule has 0 aliphatic carbocycles. The van der Waals surface area contributed by atoms with Crippen LogP contribution in [0.5, 0.6) is 0 Å². The summed E-state index contributed by atoms with van der Waals surface area (Å²) in [6.07, 6.45) is 0.392. The molecule has 0 saturated heterocycles. The topological polar surface area (TPSA) is 29.5 Å². The fraction of sp³-hybridized carbons (Fsp3) is 0.222. The first-order chi connectivity index (χ1) is 10.3. The molecule has 2 rings (SSSR count). The van der Waals surface area contributed by atoms with Gasteiger partial charge in [-0.3, -0.25) is 0 Å². The van der Waals surface area contributed by atoms with Gasteiger partial charge in [-0.2, -0.15) is 0 Å². The second-order valence-corrected chi connectivity index (χ2v) is 4.56. The highest BCUT2D eigenvalue weighted by atomic mass is 19.1. The summed E-state index contributed by atoms with van der Waals surface area (Å²) < 4.78 is 19.4. The van der Waals surface area contributed by atoms with Crippen molar-refractivity contribution >= 4 is 0 Å². The number of rotatable bonds is 5. The van der Waals surface area contributed by atoms with Crippen molar-refractivity contribution in [3.8, 4) is 11.8 Å². The van der Waals surface area contributed by atoms with Gasteiger partial charge in [0.15, 0.2) is 0 Å². The number of ether oxygens (including phenoxy) is 1. The molecule has 0 fully saturated rings. The Labute approximate surface area is 124 Å². The normalized spacial score (nSPS) is 10.0. The molecule has 2 aromatic carbocycles. The lowest BCUT2D eigenvalue weighted by Crippen LogP contribution is -1.97. The third-order valence-corrected chi connectivity index (χ3v) is 2.89. The minimum atomic E-state index is -0.320. The van der Waals surface area contributed by atoms with Crippen molar-refractivity contribution in [2.24, 2.45) is 0 Å². The zero-order chi connectivity index (χ0) is 14.9. The lowest BCUT2D eigenvalue weighted by Gasteiger charge is -2.06. The van der Waals surface area contributed by atoms with Crippen molar-refractivity contribution in [1.29, 1.82) is 0 Å². The largest absolute Gasteiger partial charge is 0.395 e. The molecule has 0 aliphatic heterocycles. The number of aliphatic hydroxyl groups is 1. The Kier molecular flexibility index (Phi) is 5.96. The van der Waals surface area contributed by atoms with E-state index in [4.69, 9.17) is 9.84 Å². The first kappa shape index (κ1) is 15.2. The van der Waals surface area contributed by atoms with E-state index in [9.17, 15) is 4.39 Å². The van der Waals surface area contributed by atoms with Crippen LogP contribution in [0.2, 0.25) is 0 Å². The predicted molar refractivity (Wildman–Crippen MR) is 79.9 cm³/mol. The minimum absolute atomic E-state index is 0.0148. The number of benzene rings is 2. The van der Waals surface area contributed by atoms with E-state index in [1.165, 1.54) is 6.07 Å². The van der Waals surface area contributed by atoms with Crippen molar-refractivity contribution < 1.29 is 14.2 Å². The molecule has 0 aliphatic rings. The van der Waals surface area contributed by atoms with Gasteiger partial charge in [0.05, 0.1) is 19.8 Å². The van der Waals surface area contributed by atoms with Gasteiger partial charge >= 0.3 is 0 Å². The first-order valence-electron chi connectivity index (χ1n) is 6.79. The third kappa shape index (κ3) is 5.03. The van der Waals surface area contributed by atoms with Gasteiger partial charge in [-0.15, -0.1) is 0 Å². The molecule has 0 heterocycles. The summed E-state index contributed by atoms with van der Waals surface area (Å²) in [5.74, 6) is 5.25. The second-order valence-electron chi connectivity index (χ2n) is 4.56. The standard InChI is InChI=1S/C18H17FO2/c19-18-12-15(6-4-5-11-20)9-10-17(18)14-21-13-16-7-2-1-3-8-16/h1-3,7-10,12,20H,5,11,13-14H2. The van der Waals surface area contributed by atoms with E-state index in [1.54, 1.807) is 12.1 Å². The van der Waals surface area contributed by atoms with Gasteiger partial charge < -0.3 is 9.84 Å². The van der Waals surface area contributed by atoms with Crippen LogP contribution >= 0.6 is 0 Å². The zero-order valence-electron chi connectivity index (χ0n) is 11.7. The Bertz CT molecular complexity index is 627. The van der Waals surface area contributed by atoms with Crippen LogP contribution in [0.4, 0.5) is 4.39 Å². The zero-order valence-corrected chi connectivity index (χ0v) is 11.7. The molecule has 1 N–H and O–H groups in total. The highest BCUT2D eigenvalue weighted by molar-refractivity contribution is 5.36. The summed E-state index contributed by atoms with van der Waals surface area (Å²) in [7, 11) is 0. The molecule has 2 nitrogen and oxygen atoms in total. The highest BCUT2D eigenvalue weighted by Gasteiger charge is 2.03. The number of aliphatic hydroxyl groups excluding tert-OH is 1. The average molecular weight is 284 g/mol. The predicted octanol–water partition coefficient (Wildman–Crippen LogP) is 3.28. The van der Waals surface area contributed by atoms with Crippen LogP contribution in [-0.4, -0.2) is 11.7 Å². The van der Waals surface area contributed by atoms with Crippen LogP contribution < -0.4 is 0 Å². The highest BCUT2D eigenvalue weighted by Crippen LogP contribution is 2.12. The van der Waals surface area contributed by atoms with Crippen molar-refractivity contribution in [1.82, 2.24) is 0 Å². The lowest BCUT2D eigenvalue weighted by atomic mass is 10.1. The fourth-order valence-corrected chi connectivity index (χ4v) is 1.82.